The molecule has 5 nitrogen and oxygen atoms in total. The van der Waals surface area contributed by atoms with Crippen LogP contribution in [0.2, 0.25) is 0 Å². The summed E-state index contributed by atoms with van der Waals surface area (Å²) in [6.07, 6.45) is 6.90. The normalized spacial score (nSPS) is 12.6. The minimum Gasteiger partial charge on any atom is -0.478 e. The summed E-state index contributed by atoms with van der Waals surface area (Å²) in [5.41, 5.74) is 0.679. The molecule has 1 unspecified atom stereocenters. The van der Waals surface area contributed by atoms with Crippen molar-refractivity contribution < 1.29 is 9.90 Å². The highest BCUT2D eigenvalue weighted by atomic mass is 16.4. The van der Waals surface area contributed by atoms with Gasteiger partial charge in [-0.25, -0.2) is 14.8 Å². The molecule has 0 spiro atoms. The van der Waals surface area contributed by atoms with Crippen molar-refractivity contribution in [3.8, 4) is 0 Å². The quantitative estimate of drug-likeness (QED) is 0.782. The van der Waals surface area contributed by atoms with E-state index in [9.17, 15) is 4.79 Å². The fourth-order valence-corrected chi connectivity index (χ4v) is 1.46. The first-order valence-electron chi connectivity index (χ1n) is 5.97. The molecule has 0 aliphatic rings. The SMILES string of the molecule is CCC(C)CN(C)c1ncc(/C=C/C(=O)O)cn1. The number of carboxylic acid groups (broad SMARTS) is 1. The number of aromatic nitrogens is 2. The van der Waals surface area contributed by atoms with Crippen LogP contribution in [0.1, 0.15) is 25.8 Å². The van der Waals surface area contributed by atoms with Crippen LogP contribution in [-0.4, -0.2) is 34.6 Å². The summed E-state index contributed by atoms with van der Waals surface area (Å²) in [4.78, 5) is 20.8. The van der Waals surface area contributed by atoms with Gasteiger partial charge in [-0.3, -0.25) is 0 Å². The Bertz CT molecular complexity index is 415. The van der Waals surface area contributed by atoms with Gasteiger partial charge < -0.3 is 10.0 Å². The summed E-state index contributed by atoms with van der Waals surface area (Å²) in [6.45, 7) is 5.24. The lowest BCUT2D eigenvalue weighted by molar-refractivity contribution is -0.131. The maximum Gasteiger partial charge on any atom is 0.328 e. The summed E-state index contributed by atoms with van der Waals surface area (Å²) < 4.78 is 0. The summed E-state index contributed by atoms with van der Waals surface area (Å²) in [5, 5.41) is 8.51. The summed E-state index contributed by atoms with van der Waals surface area (Å²) >= 11 is 0. The van der Waals surface area contributed by atoms with Crippen molar-refractivity contribution in [3.05, 3.63) is 24.0 Å². The predicted molar refractivity (Wildman–Crippen MR) is 71.4 cm³/mol. The second kappa shape index (κ2) is 6.74. The van der Waals surface area contributed by atoms with E-state index >= 15 is 0 Å². The van der Waals surface area contributed by atoms with Crippen molar-refractivity contribution in [2.24, 2.45) is 5.92 Å². The standard InChI is InChI=1S/C13H19N3O2/c1-4-10(2)9-16(3)13-14-7-11(8-15-13)5-6-12(17)18/h5-8,10H,4,9H2,1-3H3,(H,17,18)/b6-5+. The second-order valence-electron chi connectivity index (χ2n) is 4.38. The molecule has 98 valence electrons. The van der Waals surface area contributed by atoms with Gasteiger partial charge in [0.15, 0.2) is 0 Å². The van der Waals surface area contributed by atoms with Gasteiger partial charge in [0.25, 0.3) is 0 Å². The first kappa shape index (κ1) is 14.2. The number of carbonyl (C=O) groups is 1. The average Bonchev–Trinajstić information content (AvgIpc) is 2.36. The van der Waals surface area contributed by atoms with Gasteiger partial charge in [0.05, 0.1) is 0 Å². The molecular formula is C13H19N3O2. The number of aliphatic carboxylic acids is 1. The van der Waals surface area contributed by atoms with Gasteiger partial charge in [0.2, 0.25) is 5.95 Å². The van der Waals surface area contributed by atoms with E-state index in [1.165, 1.54) is 6.08 Å². The smallest absolute Gasteiger partial charge is 0.328 e. The lowest BCUT2D eigenvalue weighted by Crippen LogP contribution is -2.25. The van der Waals surface area contributed by atoms with Gasteiger partial charge in [-0.2, -0.15) is 0 Å². The van der Waals surface area contributed by atoms with Gasteiger partial charge >= 0.3 is 5.97 Å². The van der Waals surface area contributed by atoms with E-state index in [0.29, 0.717) is 17.4 Å². The first-order valence-corrected chi connectivity index (χ1v) is 5.97. The first-order chi connectivity index (χ1) is 8.52. The molecule has 1 heterocycles. The van der Waals surface area contributed by atoms with Gasteiger partial charge in [-0.1, -0.05) is 20.3 Å². The molecule has 0 radical (unpaired) electrons. The van der Waals surface area contributed by atoms with Gasteiger partial charge in [0.1, 0.15) is 0 Å². The van der Waals surface area contributed by atoms with E-state index in [2.05, 4.69) is 23.8 Å². The highest BCUT2D eigenvalue weighted by molar-refractivity contribution is 5.85. The molecule has 0 aliphatic heterocycles. The molecular weight excluding hydrogens is 230 g/mol. The average molecular weight is 249 g/mol. The van der Waals surface area contributed by atoms with Crippen LogP contribution >= 0.6 is 0 Å². The summed E-state index contributed by atoms with van der Waals surface area (Å²) in [6, 6.07) is 0. The number of nitrogens with zero attached hydrogens (tertiary/aromatic N) is 3. The van der Waals surface area contributed by atoms with Crippen LogP contribution in [0.4, 0.5) is 5.95 Å². The number of hydrogen-bond donors (Lipinski definition) is 1. The molecule has 1 atom stereocenters. The van der Waals surface area contributed by atoms with Crippen molar-refractivity contribution >= 4 is 18.0 Å². The van der Waals surface area contributed by atoms with Crippen LogP contribution in [0.3, 0.4) is 0 Å². The Balaban J connectivity index is 2.67. The van der Waals surface area contributed by atoms with Crippen LogP contribution in [0.5, 0.6) is 0 Å². The molecule has 0 fully saturated rings. The zero-order valence-electron chi connectivity index (χ0n) is 11.0. The Kier molecular flexibility index (Phi) is 5.30. The van der Waals surface area contributed by atoms with Crippen LogP contribution < -0.4 is 4.90 Å². The maximum atomic E-state index is 10.4. The van der Waals surface area contributed by atoms with E-state index < -0.39 is 5.97 Å². The third kappa shape index (κ3) is 4.53. The minimum atomic E-state index is -0.979. The molecule has 1 aromatic heterocycles. The molecule has 5 heteroatoms. The molecule has 18 heavy (non-hydrogen) atoms. The number of carboxylic acids is 1. The third-order valence-corrected chi connectivity index (χ3v) is 2.70. The van der Waals surface area contributed by atoms with Crippen LogP contribution in [-0.2, 0) is 4.79 Å². The number of anilines is 1. The zero-order valence-corrected chi connectivity index (χ0v) is 11.0. The molecule has 0 saturated carbocycles. The Labute approximate surface area is 107 Å². The predicted octanol–water partition coefficient (Wildman–Crippen LogP) is 2.06. The monoisotopic (exact) mass is 249 g/mol. The van der Waals surface area contributed by atoms with E-state index in [1.807, 2.05) is 11.9 Å². The Morgan fingerprint density at radius 2 is 2.11 bits per heavy atom. The van der Waals surface area contributed by atoms with Crippen LogP contribution in [0.25, 0.3) is 6.08 Å². The topological polar surface area (TPSA) is 66.3 Å². The van der Waals surface area contributed by atoms with Crippen molar-refractivity contribution in [2.45, 2.75) is 20.3 Å². The van der Waals surface area contributed by atoms with Crippen molar-refractivity contribution in [1.29, 1.82) is 0 Å². The highest BCUT2D eigenvalue weighted by Gasteiger charge is 2.07. The fraction of sp³-hybridized carbons (Fsp3) is 0.462. The van der Waals surface area contributed by atoms with Gasteiger partial charge in [-0.05, 0) is 12.0 Å². The molecule has 1 aromatic rings. The summed E-state index contributed by atoms with van der Waals surface area (Å²) in [5.74, 6) is 0.265. The van der Waals surface area contributed by atoms with E-state index in [-0.39, 0.29) is 0 Å². The molecule has 0 saturated heterocycles. The highest BCUT2D eigenvalue weighted by Crippen LogP contribution is 2.10. The second-order valence-corrected chi connectivity index (χ2v) is 4.38. The zero-order chi connectivity index (χ0) is 13.5. The van der Waals surface area contributed by atoms with E-state index in [1.54, 1.807) is 12.4 Å². The van der Waals surface area contributed by atoms with Crippen molar-refractivity contribution in [3.63, 3.8) is 0 Å². The number of rotatable bonds is 6. The summed E-state index contributed by atoms with van der Waals surface area (Å²) in [7, 11) is 1.95. The number of hydrogen-bond acceptors (Lipinski definition) is 4. The van der Waals surface area contributed by atoms with Crippen molar-refractivity contribution in [1.82, 2.24) is 9.97 Å². The molecule has 0 aromatic carbocycles. The van der Waals surface area contributed by atoms with Crippen molar-refractivity contribution in [2.75, 3.05) is 18.5 Å². The molecule has 1 N–H and O–H groups in total. The Hall–Kier alpha value is -1.91. The molecule has 0 aliphatic carbocycles. The lowest BCUT2D eigenvalue weighted by Gasteiger charge is -2.20. The van der Waals surface area contributed by atoms with Crippen LogP contribution in [0, 0.1) is 5.92 Å². The lowest BCUT2D eigenvalue weighted by atomic mass is 10.1. The van der Waals surface area contributed by atoms with Gasteiger partial charge in [0, 0.05) is 37.6 Å². The maximum absolute atomic E-state index is 10.4. The largest absolute Gasteiger partial charge is 0.478 e. The minimum absolute atomic E-state index is 0.588. The van der Waals surface area contributed by atoms with E-state index in [4.69, 9.17) is 5.11 Å². The Morgan fingerprint density at radius 1 is 1.50 bits per heavy atom. The fourth-order valence-electron chi connectivity index (χ4n) is 1.46. The molecule has 0 bridgehead atoms. The van der Waals surface area contributed by atoms with E-state index in [0.717, 1.165) is 19.0 Å². The Morgan fingerprint density at radius 3 is 2.61 bits per heavy atom. The molecule has 1 rings (SSSR count). The molecule has 0 amide bonds. The van der Waals surface area contributed by atoms with Crippen LogP contribution in [0.15, 0.2) is 18.5 Å². The third-order valence-electron chi connectivity index (χ3n) is 2.70. The van der Waals surface area contributed by atoms with Gasteiger partial charge in [-0.15, -0.1) is 0 Å².